The second-order valence-electron chi connectivity index (χ2n) is 9.17. The number of allylic oxidation sites excluding steroid dienone is 4. The lowest BCUT2D eigenvalue weighted by Crippen LogP contribution is -2.18. The van der Waals surface area contributed by atoms with E-state index in [1.54, 1.807) is 6.92 Å². The average molecular weight is 493 g/mol. The molecule has 38 heavy (non-hydrogen) atoms. The van der Waals surface area contributed by atoms with Gasteiger partial charge in [0, 0.05) is 17.1 Å². The molecule has 1 atom stereocenters. The fourth-order valence-electron chi connectivity index (χ4n) is 4.70. The standard InChI is InChI=1S/C36H28O2/c1-26(37)33(25-29-17-9-4-10-18-29)36-35(31-21-13-6-14-22-31)34(30-19-11-5-12-20-30)32(27(2)38-36)24-23-28-15-7-3-8-16-28/h3-22,25,34H,1-2H3/b33-25-. The van der Waals surface area contributed by atoms with Gasteiger partial charge in [0.25, 0.3) is 0 Å². The molecule has 0 spiro atoms. The molecule has 1 unspecified atom stereocenters. The van der Waals surface area contributed by atoms with Gasteiger partial charge >= 0.3 is 0 Å². The highest BCUT2D eigenvalue weighted by Gasteiger charge is 2.34. The van der Waals surface area contributed by atoms with Gasteiger partial charge in [-0.15, -0.1) is 0 Å². The third-order valence-electron chi connectivity index (χ3n) is 6.52. The Labute approximate surface area is 224 Å². The van der Waals surface area contributed by atoms with E-state index in [9.17, 15) is 4.79 Å². The molecule has 0 saturated carbocycles. The highest BCUT2D eigenvalue weighted by Crippen LogP contribution is 2.47. The normalized spacial score (nSPS) is 15.4. The van der Waals surface area contributed by atoms with Crippen molar-refractivity contribution >= 4 is 17.4 Å². The molecule has 0 bridgehead atoms. The van der Waals surface area contributed by atoms with E-state index in [4.69, 9.17) is 4.74 Å². The molecule has 0 fully saturated rings. The molecule has 4 aromatic carbocycles. The molecule has 1 heterocycles. The third kappa shape index (κ3) is 5.43. The van der Waals surface area contributed by atoms with Crippen LogP contribution in [0.4, 0.5) is 0 Å². The van der Waals surface area contributed by atoms with Gasteiger partial charge in [0.05, 0.1) is 11.1 Å². The number of carbonyl (C=O) groups is 1. The molecular formula is C36H28O2. The highest BCUT2D eigenvalue weighted by molar-refractivity contribution is 6.04. The van der Waals surface area contributed by atoms with Gasteiger partial charge in [-0.1, -0.05) is 121 Å². The summed E-state index contributed by atoms with van der Waals surface area (Å²) in [6, 6.07) is 40.3. The maximum absolute atomic E-state index is 13.1. The monoisotopic (exact) mass is 492 g/mol. The summed E-state index contributed by atoms with van der Waals surface area (Å²) in [5, 5.41) is 0. The Bertz CT molecular complexity index is 1580. The van der Waals surface area contributed by atoms with E-state index in [0.717, 1.165) is 33.4 Å². The van der Waals surface area contributed by atoms with E-state index in [0.29, 0.717) is 17.1 Å². The number of Topliss-reactive ketones (excluding diaryl/α,β-unsaturated/α-hetero) is 1. The fraction of sp³-hybridized carbons (Fsp3) is 0.0833. The minimum Gasteiger partial charge on any atom is -0.460 e. The van der Waals surface area contributed by atoms with E-state index in [2.05, 4.69) is 36.1 Å². The molecule has 0 N–H and O–H groups in total. The first-order valence-corrected chi connectivity index (χ1v) is 12.7. The third-order valence-corrected chi connectivity index (χ3v) is 6.52. The van der Waals surface area contributed by atoms with Crippen molar-refractivity contribution in [3.8, 4) is 11.8 Å². The van der Waals surface area contributed by atoms with Crippen molar-refractivity contribution < 1.29 is 9.53 Å². The van der Waals surface area contributed by atoms with Gasteiger partial charge in [-0.05, 0) is 48.7 Å². The second kappa shape index (κ2) is 11.5. The quantitative estimate of drug-likeness (QED) is 0.207. The topological polar surface area (TPSA) is 26.3 Å². The highest BCUT2D eigenvalue weighted by atomic mass is 16.5. The molecule has 0 aliphatic carbocycles. The molecule has 1 aliphatic heterocycles. The Morgan fingerprint density at radius 3 is 1.89 bits per heavy atom. The first-order chi connectivity index (χ1) is 18.6. The van der Waals surface area contributed by atoms with Crippen LogP contribution in [0, 0.1) is 11.8 Å². The Balaban J connectivity index is 1.78. The van der Waals surface area contributed by atoms with Crippen LogP contribution in [-0.4, -0.2) is 5.78 Å². The van der Waals surface area contributed by atoms with E-state index in [1.165, 1.54) is 0 Å². The van der Waals surface area contributed by atoms with Crippen LogP contribution in [0.5, 0.6) is 0 Å². The van der Waals surface area contributed by atoms with Crippen molar-refractivity contribution in [2.45, 2.75) is 19.8 Å². The summed E-state index contributed by atoms with van der Waals surface area (Å²) < 4.78 is 6.57. The SMILES string of the molecule is CC(=O)/C(=C/c1ccccc1)C1=C(c2ccccc2)C(c2ccccc2)C(C#Cc2ccccc2)=C(C)O1. The van der Waals surface area contributed by atoms with Crippen LogP contribution in [-0.2, 0) is 9.53 Å². The van der Waals surface area contributed by atoms with E-state index in [1.807, 2.05) is 110 Å². The number of ether oxygens (including phenoxy) is 1. The van der Waals surface area contributed by atoms with Gasteiger partial charge < -0.3 is 4.74 Å². The Morgan fingerprint density at radius 1 is 0.737 bits per heavy atom. The summed E-state index contributed by atoms with van der Waals surface area (Å²) in [5.74, 6) is 7.77. The summed E-state index contributed by atoms with van der Waals surface area (Å²) in [5.41, 5.74) is 6.29. The van der Waals surface area contributed by atoms with Crippen LogP contribution in [0.15, 0.2) is 144 Å². The molecule has 2 nitrogen and oxygen atoms in total. The molecule has 0 amide bonds. The summed E-state index contributed by atoms with van der Waals surface area (Å²) in [7, 11) is 0. The number of benzene rings is 4. The lowest BCUT2D eigenvalue weighted by molar-refractivity contribution is -0.113. The van der Waals surface area contributed by atoms with Crippen molar-refractivity contribution in [1.29, 1.82) is 0 Å². The molecule has 184 valence electrons. The zero-order valence-electron chi connectivity index (χ0n) is 21.5. The molecule has 0 radical (unpaired) electrons. The molecule has 5 rings (SSSR count). The van der Waals surface area contributed by atoms with E-state index >= 15 is 0 Å². The van der Waals surface area contributed by atoms with Crippen molar-refractivity contribution in [3.05, 3.63) is 166 Å². The Morgan fingerprint density at radius 2 is 1.29 bits per heavy atom. The van der Waals surface area contributed by atoms with E-state index < -0.39 is 0 Å². The Hall–Kier alpha value is -4.87. The van der Waals surface area contributed by atoms with Crippen molar-refractivity contribution in [2.24, 2.45) is 0 Å². The molecule has 2 heteroatoms. The second-order valence-corrected chi connectivity index (χ2v) is 9.17. The zero-order chi connectivity index (χ0) is 26.3. The van der Waals surface area contributed by atoms with Crippen LogP contribution in [0.2, 0.25) is 0 Å². The van der Waals surface area contributed by atoms with Crippen molar-refractivity contribution in [3.63, 3.8) is 0 Å². The van der Waals surface area contributed by atoms with Crippen molar-refractivity contribution in [1.82, 2.24) is 0 Å². The summed E-state index contributed by atoms with van der Waals surface area (Å²) in [4.78, 5) is 13.1. The summed E-state index contributed by atoms with van der Waals surface area (Å²) in [6.07, 6.45) is 1.91. The predicted octanol–water partition coefficient (Wildman–Crippen LogP) is 8.21. The number of hydrogen-bond donors (Lipinski definition) is 0. The molecule has 1 aliphatic rings. The number of carbonyl (C=O) groups excluding carboxylic acids is 1. The van der Waals surface area contributed by atoms with Gasteiger partial charge in [0.1, 0.15) is 11.5 Å². The van der Waals surface area contributed by atoms with Gasteiger partial charge in [-0.25, -0.2) is 0 Å². The lowest BCUT2D eigenvalue weighted by Gasteiger charge is -2.31. The van der Waals surface area contributed by atoms with Gasteiger partial charge in [-0.2, -0.15) is 0 Å². The maximum Gasteiger partial charge on any atom is 0.163 e. The first-order valence-electron chi connectivity index (χ1n) is 12.7. The predicted molar refractivity (Wildman–Crippen MR) is 155 cm³/mol. The fourth-order valence-corrected chi connectivity index (χ4v) is 4.70. The average Bonchev–Trinajstić information content (AvgIpc) is 2.96. The minimum atomic E-state index is -0.211. The lowest BCUT2D eigenvalue weighted by atomic mass is 9.77. The van der Waals surface area contributed by atoms with Crippen molar-refractivity contribution in [2.75, 3.05) is 0 Å². The molecule has 0 saturated heterocycles. The van der Waals surface area contributed by atoms with Crippen LogP contribution in [0.3, 0.4) is 0 Å². The number of rotatable bonds is 5. The number of hydrogen-bond acceptors (Lipinski definition) is 2. The Kier molecular flexibility index (Phi) is 7.48. The van der Waals surface area contributed by atoms with Gasteiger partial charge in [0.2, 0.25) is 0 Å². The molecular weight excluding hydrogens is 464 g/mol. The van der Waals surface area contributed by atoms with Crippen LogP contribution < -0.4 is 0 Å². The van der Waals surface area contributed by atoms with Crippen LogP contribution in [0.1, 0.15) is 42.0 Å². The zero-order valence-corrected chi connectivity index (χ0v) is 21.5. The van der Waals surface area contributed by atoms with Gasteiger partial charge in [0.15, 0.2) is 5.78 Å². The summed E-state index contributed by atoms with van der Waals surface area (Å²) >= 11 is 0. The largest absolute Gasteiger partial charge is 0.460 e. The smallest absolute Gasteiger partial charge is 0.163 e. The van der Waals surface area contributed by atoms with Crippen LogP contribution in [0.25, 0.3) is 11.6 Å². The van der Waals surface area contributed by atoms with E-state index in [-0.39, 0.29) is 11.7 Å². The van der Waals surface area contributed by atoms with Crippen LogP contribution >= 0.6 is 0 Å². The summed E-state index contributed by atoms with van der Waals surface area (Å²) in [6.45, 7) is 3.53. The molecule has 4 aromatic rings. The minimum absolute atomic E-state index is 0.0595. The first kappa shape index (κ1) is 24.8. The van der Waals surface area contributed by atoms with Gasteiger partial charge in [-0.3, -0.25) is 4.79 Å². The molecule has 0 aromatic heterocycles. The maximum atomic E-state index is 13.1. The number of ketones is 1.